The minimum atomic E-state index is -1.07. The van der Waals surface area contributed by atoms with Gasteiger partial charge in [0.05, 0.1) is 22.9 Å². The number of hydrogen-bond donors (Lipinski definition) is 2. The van der Waals surface area contributed by atoms with E-state index in [1.54, 1.807) is 12.1 Å². The summed E-state index contributed by atoms with van der Waals surface area (Å²) in [5, 5.41) is 17.1. The Labute approximate surface area is 271 Å². The van der Waals surface area contributed by atoms with E-state index in [-0.39, 0.29) is 28.2 Å². The quantitative estimate of drug-likeness (QED) is 0.0773. The van der Waals surface area contributed by atoms with Crippen molar-refractivity contribution < 1.29 is 28.7 Å². The highest BCUT2D eigenvalue weighted by Gasteiger charge is 2.24. The number of carbonyl (C=O) groups excluding carboxylic acids is 4. The number of ether oxygens (including phenoxy) is 2. The zero-order valence-electron chi connectivity index (χ0n) is 23.3. The predicted octanol–water partition coefficient (Wildman–Crippen LogP) is 6.33. The monoisotopic (exact) mass is 660 g/mol. The van der Waals surface area contributed by atoms with Crippen molar-refractivity contribution in [3.05, 3.63) is 109 Å². The summed E-state index contributed by atoms with van der Waals surface area (Å²) in [6.45, 7) is 0. The van der Waals surface area contributed by atoms with Crippen LogP contribution in [0.1, 0.15) is 55.1 Å². The van der Waals surface area contributed by atoms with Crippen molar-refractivity contribution in [3.8, 4) is 17.6 Å². The van der Waals surface area contributed by atoms with Gasteiger partial charge >= 0.3 is 23.8 Å². The molecule has 0 radical (unpaired) electrons. The Kier molecular flexibility index (Phi) is 9.89. The Morgan fingerprint density at radius 1 is 0.844 bits per heavy atom. The van der Waals surface area contributed by atoms with E-state index in [4.69, 9.17) is 32.7 Å². The Morgan fingerprint density at radius 3 is 2.11 bits per heavy atom. The van der Waals surface area contributed by atoms with Gasteiger partial charge in [-0.05, 0) is 91.9 Å². The van der Waals surface area contributed by atoms with E-state index in [1.807, 2.05) is 0 Å². The van der Waals surface area contributed by atoms with Crippen LogP contribution in [-0.2, 0) is 22.4 Å². The molecule has 4 aromatic rings. The summed E-state index contributed by atoms with van der Waals surface area (Å²) in [7, 11) is 0. The summed E-state index contributed by atoms with van der Waals surface area (Å²) in [6.07, 6.45) is 4.70. The smallest absolute Gasteiger partial charge is 0.343 e. The maximum absolute atomic E-state index is 12.9. The van der Waals surface area contributed by atoms with Crippen molar-refractivity contribution in [2.45, 2.75) is 25.7 Å². The number of anilines is 1. The summed E-state index contributed by atoms with van der Waals surface area (Å²) in [4.78, 5) is 51.6. The largest absolute Gasteiger partial charge is 0.423 e. The SMILES string of the molecule is N#Cc1c(NC(=O)C(=O)N/N=C/c2ccc(OC(=O)c3ccc(Cl)cc3)cc2OC(=O)c2ccc(Cl)cc2)sc2c1CCCC2. The number of amides is 2. The van der Waals surface area contributed by atoms with Crippen molar-refractivity contribution in [2.24, 2.45) is 5.10 Å². The molecule has 0 bridgehead atoms. The van der Waals surface area contributed by atoms with Crippen LogP contribution >= 0.6 is 34.5 Å². The van der Waals surface area contributed by atoms with E-state index >= 15 is 0 Å². The molecule has 0 spiro atoms. The van der Waals surface area contributed by atoms with E-state index in [9.17, 15) is 24.4 Å². The third kappa shape index (κ3) is 7.74. The Hall–Kier alpha value is -5.02. The third-order valence-corrected chi connectivity index (χ3v) is 8.36. The average Bonchev–Trinajstić information content (AvgIpc) is 3.39. The maximum atomic E-state index is 12.9. The van der Waals surface area contributed by atoms with Gasteiger partial charge in [-0.3, -0.25) is 9.59 Å². The van der Waals surface area contributed by atoms with Gasteiger partial charge in [-0.25, -0.2) is 15.0 Å². The van der Waals surface area contributed by atoms with Gasteiger partial charge < -0.3 is 14.8 Å². The average molecular weight is 662 g/mol. The molecule has 0 unspecified atom stereocenters. The molecule has 0 saturated heterocycles. The lowest BCUT2D eigenvalue weighted by molar-refractivity contribution is -0.136. The molecular formula is C32H22Cl2N4O6S. The standard InChI is InChI=1S/C32H22Cl2N4O6S/c33-21-10-5-18(6-11-21)31(41)43-23-14-9-20(26(15-23)44-32(42)19-7-12-22(34)13-8-19)17-36-38-29(40)28(39)37-30-25(16-35)24-3-1-2-4-27(24)45-30/h5-15,17H,1-4H2,(H,37,39)(H,38,40)/b36-17+. The highest BCUT2D eigenvalue weighted by atomic mass is 35.5. The highest BCUT2D eigenvalue weighted by molar-refractivity contribution is 7.16. The number of benzene rings is 3. The molecule has 1 aliphatic rings. The van der Waals surface area contributed by atoms with Gasteiger partial charge in [0.2, 0.25) is 0 Å². The number of esters is 2. The molecule has 2 amide bonds. The molecule has 0 atom stereocenters. The second-order valence-corrected chi connectivity index (χ2v) is 11.7. The van der Waals surface area contributed by atoms with Crippen LogP contribution in [0.5, 0.6) is 11.5 Å². The van der Waals surface area contributed by atoms with Gasteiger partial charge in [0, 0.05) is 26.6 Å². The number of nitrogens with one attached hydrogen (secondary N) is 2. The van der Waals surface area contributed by atoms with Crippen LogP contribution in [-0.4, -0.2) is 30.0 Å². The van der Waals surface area contributed by atoms with Crippen LogP contribution in [0.4, 0.5) is 5.00 Å². The van der Waals surface area contributed by atoms with Crippen molar-refractivity contribution in [2.75, 3.05) is 5.32 Å². The molecule has 0 aliphatic heterocycles. The lowest BCUT2D eigenvalue weighted by Crippen LogP contribution is -2.32. The molecule has 1 heterocycles. The van der Waals surface area contributed by atoms with Crippen LogP contribution in [0, 0.1) is 11.3 Å². The Morgan fingerprint density at radius 2 is 1.47 bits per heavy atom. The minimum Gasteiger partial charge on any atom is -0.423 e. The number of hydrazone groups is 1. The molecule has 0 fully saturated rings. The molecular weight excluding hydrogens is 639 g/mol. The van der Waals surface area contributed by atoms with Gasteiger partial charge in [0.15, 0.2) is 0 Å². The predicted molar refractivity (Wildman–Crippen MR) is 169 cm³/mol. The van der Waals surface area contributed by atoms with Crippen LogP contribution in [0.2, 0.25) is 10.0 Å². The second kappa shape index (κ2) is 14.2. The van der Waals surface area contributed by atoms with Crippen molar-refractivity contribution in [3.63, 3.8) is 0 Å². The molecule has 10 nitrogen and oxygen atoms in total. The molecule has 1 aliphatic carbocycles. The summed E-state index contributed by atoms with van der Waals surface area (Å²) in [5.41, 5.74) is 4.08. The topological polar surface area (TPSA) is 147 Å². The van der Waals surface area contributed by atoms with Gasteiger partial charge in [-0.15, -0.1) is 11.3 Å². The zero-order valence-corrected chi connectivity index (χ0v) is 25.6. The molecule has 2 N–H and O–H groups in total. The van der Waals surface area contributed by atoms with E-state index in [0.29, 0.717) is 20.6 Å². The van der Waals surface area contributed by atoms with Gasteiger partial charge in [-0.1, -0.05) is 23.2 Å². The lowest BCUT2D eigenvalue weighted by Gasteiger charge is -2.11. The summed E-state index contributed by atoms with van der Waals surface area (Å²) < 4.78 is 11.0. The fourth-order valence-corrected chi connectivity index (χ4v) is 5.90. The molecule has 3 aromatic carbocycles. The highest BCUT2D eigenvalue weighted by Crippen LogP contribution is 2.37. The fourth-order valence-electron chi connectivity index (χ4n) is 4.41. The van der Waals surface area contributed by atoms with E-state index < -0.39 is 23.8 Å². The van der Waals surface area contributed by atoms with Gasteiger partial charge in [0.1, 0.15) is 22.6 Å². The summed E-state index contributed by atoms with van der Waals surface area (Å²) in [6, 6.07) is 18.4. The summed E-state index contributed by atoms with van der Waals surface area (Å²) >= 11 is 13.1. The minimum absolute atomic E-state index is 0.0540. The van der Waals surface area contributed by atoms with E-state index in [2.05, 4.69) is 21.9 Å². The molecule has 1 aromatic heterocycles. The molecule has 5 rings (SSSR count). The van der Waals surface area contributed by atoms with Gasteiger partial charge in [0.25, 0.3) is 0 Å². The number of halogens is 2. The van der Waals surface area contributed by atoms with Crippen molar-refractivity contribution >= 4 is 69.5 Å². The molecule has 45 heavy (non-hydrogen) atoms. The number of hydrogen-bond acceptors (Lipinski definition) is 9. The van der Waals surface area contributed by atoms with Crippen LogP contribution in [0.15, 0.2) is 71.8 Å². The number of rotatable bonds is 7. The Balaban J connectivity index is 1.31. The van der Waals surface area contributed by atoms with Crippen LogP contribution < -0.4 is 20.2 Å². The number of fused-ring (bicyclic) bond motifs is 1. The van der Waals surface area contributed by atoms with E-state index in [1.165, 1.54) is 65.9 Å². The van der Waals surface area contributed by atoms with Crippen molar-refractivity contribution in [1.82, 2.24) is 5.43 Å². The van der Waals surface area contributed by atoms with Crippen LogP contribution in [0.25, 0.3) is 0 Å². The Bertz CT molecular complexity index is 1860. The first-order valence-corrected chi connectivity index (χ1v) is 15.1. The third-order valence-electron chi connectivity index (χ3n) is 6.64. The zero-order chi connectivity index (χ0) is 31.9. The lowest BCUT2D eigenvalue weighted by atomic mass is 9.96. The molecule has 13 heteroatoms. The first-order chi connectivity index (χ1) is 21.7. The second-order valence-electron chi connectivity index (χ2n) is 9.67. The molecule has 0 saturated carbocycles. The first kappa shape index (κ1) is 31.4. The van der Waals surface area contributed by atoms with Crippen LogP contribution in [0.3, 0.4) is 0 Å². The number of aryl methyl sites for hydroxylation is 1. The number of nitriles is 1. The van der Waals surface area contributed by atoms with Gasteiger partial charge in [-0.2, -0.15) is 10.4 Å². The van der Waals surface area contributed by atoms with Crippen molar-refractivity contribution in [1.29, 1.82) is 5.26 Å². The molecule has 226 valence electrons. The first-order valence-electron chi connectivity index (χ1n) is 13.5. The normalized spacial score (nSPS) is 12.1. The number of nitrogens with zero attached hydrogens (tertiary/aromatic N) is 2. The maximum Gasteiger partial charge on any atom is 0.343 e. The number of thiophene rings is 1. The number of carbonyl (C=O) groups is 4. The summed E-state index contributed by atoms with van der Waals surface area (Å²) in [5.74, 6) is -3.48. The fraction of sp³-hybridized carbons (Fsp3) is 0.125. The van der Waals surface area contributed by atoms with E-state index in [0.717, 1.165) is 42.3 Å².